The molecule has 0 atom stereocenters. The Labute approximate surface area is 151 Å². The number of halogens is 1. The SMILES string of the molecule is CCCCCCCCCCCCOC(=O)CCNC(=O)OCCCl. The predicted octanol–water partition coefficient (Wildman–Crippen LogP) is 4.81. The minimum atomic E-state index is -0.557. The number of alkyl halides is 1. The molecule has 142 valence electrons. The number of rotatable bonds is 16. The number of esters is 1. The average Bonchev–Trinajstić information content (AvgIpc) is 2.57. The number of ether oxygens (including phenoxy) is 2. The standard InChI is InChI=1S/C18H34ClNO4/c1-2-3-4-5-6-7-8-9-10-11-15-23-17(21)12-14-20-18(22)24-16-13-19/h2-16H2,1H3,(H,20,22). The summed E-state index contributed by atoms with van der Waals surface area (Å²) in [6, 6.07) is 0. The number of hydrogen-bond acceptors (Lipinski definition) is 4. The van der Waals surface area contributed by atoms with E-state index in [0.717, 1.165) is 12.8 Å². The third-order valence-corrected chi connectivity index (χ3v) is 3.82. The van der Waals surface area contributed by atoms with Crippen LogP contribution in [-0.2, 0) is 14.3 Å². The van der Waals surface area contributed by atoms with E-state index in [1.54, 1.807) is 0 Å². The molecule has 1 amide bonds. The zero-order chi connectivity index (χ0) is 17.9. The smallest absolute Gasteiger partial charge is 0.407 e. The third kappa shape index (κ3) is 17.4. The van der Waals surface area contributed by atoms with Gasteiger partial charge >= 0.3 is 12.1 Å². The van der Waals surface area contributed by atoms with Crippen LogP contribution in [0.15, 0.2) is 0 Å². The molecule has 0 aromatic rings. The molecule has 0 aliphatic heterocycles. The van der Waals surface area contributed by atoms with Crippen molar-refractivity contribution in [2.45, 2.75) is 77.6 Å². The molecular formula is C18H34ClNO4. The summed E-state index contributed by atoms with van der Waals surface area (Å²) in [5.74, 6) is -0.0301. The molecule has 0 saturated heterocycles. The second kappa shape index (κ2) is 18.4. The van der Waals surface area contributed by atoms with Crippen LogP contribution in [-0.4, -0.2) is 37.7 Å². The summed E-state index contributed by atoms with van der Waals surface area (Å²) in [5.41, 5.74) is 0. The summed E-state index contributed by atoms with van der Waals surface area (Å²) < 4.78 is 9.84. The molecule has 0 radical (unpaired) electrons. The van der Waals surface area contributed by atoms with Crippen molar-refractivity contribution in [1.29, 1.82) is 0 Å². The van der Waals surface area contributed by atoms with Gasteiger partial charge < -0.3 is 14.8 Å². The molecule has 0 fully saturated rings. The minimum Gasteiger partial charge on any atom is -0.466 e. The van der Waals surface area contributed by atoms with E-state index >= 15 is 0 Å². The van der Waals surface area contributed by atoms with Crippen LogP contribution in [0.1, 0.15) is 77.6 Å². The molecule has 0 bridgehead atoms. The molecule has 0 aromatic heterocycles. The summed E-state index contributed by atoms with van der Waals surface area (Å²) in [6.07, 6.45) is 12.1. The molecule has 0 rings (SSSR count). The van der Waals surface area contributed by atoms with Gasteiger partial charge in [-0.3, -0.25) is 4.79 Å². The predicted molar refractivity (Wildman–Crippen MR) is 97.5 cm³/mol. The van der Waals surface area contributed by atoms with Crippen LogP contribution in [0.2, 0.25) is 0 Å². The van der Waals surface area contributed by atoms with Gasteiger partial charge in [0.2, 0.25) is 0 Å². The molecular weight excluding hydrogens is 330 g/mol. The summed E-state index contributed by atoms with van der Waals surface area (Å²) in [7, 11) is 0. The number of amides is 1. The molecule has 6 heteroatoms. The zero-order valence-corrected chi connectivity index (χ0v) is 15.9. The molecule has 1 N–H and O–H groups in total. The lowest BCUT2D eigenvalue weighted by molar-refractivity contribution is -0.143. The van der Waals surface area contributed by atoms with Crippen molar-refractivity contribution in [3.63, 3.8) is 0 Å². The zero-order valence-electron chi connectivity index (χ0n) is 15.1. The molecule has 0 saturated carbocycles. The van der Waals surface area contributed by atoms with Crippen molar-refractivity contribution < 1.29 is 19.1 Å². The molecule has 0 aliphatic carbocycles. The van der Waals surface area contributed by atoms with Gasteiger partial charge in [0.25, 0.3) is 0 Å². The largest absolute Gasteiger partial charge is 0.466 e. The van der Waals surface area contributed by atoms with Crippen molar-refractivity contribution in [2.24, 2.45) is 0 Å². The van der Waals surface area contributed by atoms with E-state index in [2.05, 4.69) is 12.2 Å². The van der Waals surface area contributed by atoms with Crippen LogP contribution in [0.3, 0.4) is 0 Å². The first kappa shape index (κ1) is 23.0. The third-order valence-electron chi connectivity index (χ3n) is 3.67. The monoisotopic (exact) mass is 363 g/mol. The van der Waals surface area contributed by atoms with Crippen molar-refractivity contribution in [3.8, 4) is 0 Å². The molecule has 0 aromatic carbocycles. The highest BCUT2D eigenvalue weighted by Crippen LogP contribution is 2.10. The first-order valence-electron chi connectivity index (χ1n) is 9.33. The van der Waals surface area contributed by atoms with Gasteiger partial charge in [-0.15, -0.1) is 11.6 Å². The minimum absolute atomic E-state index is 0.160. The van der Waals surface area contributed by atoms with Crippen LogP contribution >= 0.6 is 11.6 Å². The van der Waals surface area contributed by atoms with E-state index in [4.69, 9.17) is 21.1 Å². The quantitative estimate of drug-likeness (QED) is 0.243. The van der Waals surface area contributed by atoms with E-state index in [9.17, 15) is 9.59 Å². The number of nitrogens with one attached hydrogen (secondary N) is 1. The lowest BCUT2D eigenvalue weighted by Crippen LogP contribution is -2.27. The van der Waals surface area contributed by atoms with Crippen molar-refractivity contribution in [2.75, 3.05) is 25.6 Å². The Morgan fingerprint density at radius 1 is 0.833 bits per heavy atom. The van der Waals surface area contributed by atoms with Crippen LogP contribution in [0.25, 0.3) is 0 Å². The van der Waals surface area contributed by atoms with Gasteiger partial charge in [-0.1, -0.05) is 64.7 Å². The van der Waals surface area contributed by atoms with E-state index < -0.39 is 6.09 Å². The first-order valence-corrected chi connectivity index (χ1v) is 9.86. The van der Waals surface area contributed by atoms with Crippen LogP contribution in [0.5, 0.6) is 0 Å². The summed E-state index contributed by atoms with van der Waals surface area (Å²) in [5, 5.41) is 2.47. The molecule has 0 unspecified atom stereocenters. The van der Waals surface area contributed by atoms with Gasteiger partial charge in [0.1, 0.15) is 6.61 Å². The number of carbonyl (C=O) groups excluding carboxylic acids is 2. The highest BCUT2D eigenvalue weighted by molar-refractivity contribution is 6.18. The van der Waals surface area contributed by atoms with E-state index in [1.165, 1.54) is 51.4 Å². The Hall–Kier alpha value is -0.970. The Balaban J connectivity index is 3.24. The van der Waals surface area contributed by atoms with Gasteiger partial charge in [-0.2, -0.15) is 0 Å². The normalized spacial score (nSPS) is 10.4. The van der Waals surface area contributed by atoms with Gasteiger partial charge in [-0.25, -0.2) is 4.79 Å². The molecule has 5 nitrogen and oxygen atoms in total. The average molecular weight is 364 g/mol. The summed E-state index contributed by atoms with van der Waals surface area (Å²) in [6.45, 7) is 3.08. The van der Waals surface area contributed by atoms with Gasteiger partial charge in [-0.05, 0) is 6.42 Å². The highest BCUT2D eigenvalue weighted by atomic mass is 35.5. The maximum Gasteiger partial charge on any atom is 0.407 e. The van der Waals surface area contributed by atoms with E-state index in [1.807, 2.05) is 0 Å². The van der Waals surface area contributed by atoms with E-state index in [0.29, 0.717) is 6.61 Å². The fourth-order valence-electron chi connectivity index (χ4n) is 2.30. The van der Waals surface area contributed by atoms with Crippen molar-refractivity contribution in [3.05, 3.63) is 0 Å². The van der Waals surface area contributed by atoms with Crippen molar-refractivity contribution in [1.82, 2.24) is 5.32 Å². The Bertz CT molecular complexity index is 313. The second-order valence-electron chi connectivity index (χ2n) is 5.90. The number of carbonyl (C=O) groups is 2. The number of alkyl carbamates (subject to hydrolysis) is 1. The molecule has 0 aliphatic rings. The van der Waals surface area contributed by atoms with Gasteiger partial charge in [0.15, 0.2) is 0 Å². The van der Waals surface area contributed by atoms with E-state index in [-0.39, 0.29) is 31.4 Å². The second-order valence-corrected chi connectivity index (χ2v) is 6.28. The molecule has 0 spiro atoms. The maximum atomic E-state index is 11.5. The lowest BCUT2D eigenvalue weighted by Gasteiger charge is -2.07. The number of hydrogen-bond donors (Lipinski definition) is 1. The Morgan fingerprint density at radius 2 is 1.42 bits per heavy atom. The topological polar surface area (TPSA) is 64.6 Å². The fourth-order valence-corrected chi connectivity index (χ4v) is 2.37. The van der Waals surface area contributed by atoms with Crippen LogP contribution in [0, 0.1) is 0 Å². The molecule has 24 heavy (non-hydrogen) atoms. The van der Waals surface area contributed by atoms with Gasteiger partial charge in [0.05, 0.1) is 18.9 Å². The summed E-state index contributed by atoms with van der Waals surface area (Å²) >= 11 is 5.39. The van der Waals surface area contributed by atoms with Crippen LogP contribution in [0.4, 0.5) is 4.79 Å². The molecule has 0 heterocycles. The summed E-state index contributed by atoms with van der Waals surface area (Å²) in [4.78, 5) is 22.6. The van der Waals surface area contributed by atoms with Crippen LogP contribution < -0.4 is 5.32 Å². The van der Waals surface area contributed by atoms with Crippen molar-refractivity contribution >= 4 is 23.7 Å². The maximum absolute atomic E-state index is 11.5. The Kier molecular flexibility index (Phi) is 17.6. The van der Waals surface area contributed by atoms with Gasteiger partial charge in [0, 0.05) is 6.54 Å². The lowest BCUT2D eigenvalue weighted by atomic mass is 10.1. The number of unbranched alkanes of at least 4 members (excludes halogenated alkanes) is 9. The highest BCUT2D eigenvalue weighted by Gasteiger charge is 2.05. The first-order chi connectivity index (χ1) is 11.7. The Morgan fingerprint density at radius 3 is 2.00 bits per heavy atom. The fraction of sp³-hybridized carbons (Fsp3) is 0.889.